The van der Waals surface area contributed by atoms with Gasteiger partial charge in [-0.25, -0.2) is 0 Å². The smallest absolute Gasteiger partial charge is 0.262 e. The topological polar surface area (TPSA) is 89.8 Å². The van der Waals surface area contributed by atoms with Crippen molar-refractivity contribution in [3.05, 3.63) is 42.0 Å². The van der Waals surface area contributed by atoms with Gasteiger partial charge in [-0.15, -0.1) is 0 Å². The standard InChI is InChI=1S/C19H20N2O5/c1-4-25-18-9-13(11-20)5-7-17(18)26-12-19(22)21-15-10-14(23-2)6-8-16(15)24-3/h5-10H,4,12H2,1-3H3,(H,21,22). The molecular formula is C19H20N2O5. The van der Waals surface area contributed by atoms with Crippen LogP contribution >= 0.6 is 0 Å². The van der Waals surface area contributed by atoms with E-state index >= 15 is 0 Å². The minimum atomic E-state index is -0.372. The van der Waals surface area contributed by atoms with Crippen molar-refractivity contribution in [2.75, 3.05) is 32.8 Å². The fourth-order valence-electron chi connectivity index (χ4n) is 2.21. The van der Waals surface area contributed by atoms with E-state index in [2.05, 4.69) is 5.32 Å². The Balaban J connectivity index is 2.07. The second-order valence-corrected chi connectivity index (χ2v) is 5.11. The molecule has 26 heavy (non-hydrogen) atoms. The molecule has 0 aliphatic heterocycles. The van der Waals surface area contributed by atoms with Crippen LogP contribution < -0.4 is 24.3 Å². The van der Waals surface area contributed by atoms with Gasteiger partial charge in [0, 0.05) is 12.1 Å². The van der Waals surface area contributed by atoms with Crippen LogP contribution in [0.3, 0.4) is 0 Å². The van der Waals surface area contributed by atoms with Gasteiger partial charge in [-0.05, 0) is 31.2 Å². The number of ether oxygens (including phenoxy) is 4. The summed E-state index contributed by atoms with van der Waals surface area (Å²) in [6, 6.07) is 11.9. The zero-order valence-corrected chi connectivity index (χ0v) is 14.9. The normalized spacial score (nSPS) is 9.77. The van der Waals surface area contributed by atoms with Gasteiger partial charge in [-0.3, -0.25) is 4.79 Å². The molecule has 0 aliphatic rings. The van der Waals surface area contributed by atoms with Crippen molar-refractivity contribution in [1.82, 2.24) is 0 Å². The molecule has 0 saturated carbocycles. The zero-order chi connectivity index (χ0) is 18.9. The largest absolute Gasteiger partial charge is 0.497 e. The minimum absolute atomic E-state index is 0.230. The van der Waals surface area contributed by atoms with Gasteiger partial charge < -0.3 is 24.3 Å². The third-order valence-corrected chi connectivity index (χ3v) is 3.41. The van der Waals surface area contributed by atoms with Crippen LogP contribution in [0.2, 0.25) is 0 Å². The molecule has 0 spiro atoms. The number of amides is 1. The number of nitrogens with one attached hydrogen (secondary N) is 1. The highest BCUT2D eigenvalue weighted by molar-refractivity contribution is 5.93. The Kier molecular flexibility index (Phi) is 6.68. The Morgan fingerprint density at radius 2 is 1.81 bits per heavy atom. The molecule has 2 aromatic rings. The van der Waals surface area contributed by atoms with Crippen LogP contribution in [0.25, 0.3) is 0 Å². The van der Waals surface area contributed by atoms with Crippen LogP contribution in [0.4, 0.5) is 5.69 Å². The molecular weight excluding hydrogens is 336 g/mol. The summed E-state index contributed by atoms with van der Waals surface area (Å²) >= 11 is 0. The highest BCUT2D eigenvalue weighted by Gasteiger charge is 2.12. The number of nitriles is 1. The van der Waals surface area contributed by atoms with Crippen LogP contribution in [-0.2, 0) is 4.79 Å². The Morgan fingerprint density at radius 1 is 1.04 bits per heavy atom. The van der Waals surface area contributed by atoms with Crippen LogP contribution in [0.1, 0.15) is 12.5 Å². The van der Waals surface area contributed by atoms with Crippen molar-refractivity contribution in [2.24, 2.45) is 0 Å². The maximum absolute atomic E-state index is 12.2. The van der Waals surface area contributed by atoms with Gasteiger partial charge in [0.05, 0.1) is 38.1 Å². The maximum atomic E-state index is 12.2. The molecule has 2 aromatic carbocycles. The first-order valence-corrected chi connectivity index (χ1v) is 7.92. The number of carbonyl (C=O) groups excluding carboxylic acids is 1. The van der Waals surface area contributed by atoms with Crippen LogP contribution in [0.15, 0.2) is 36.4 Å². The van der Waals surface area contributed by atoms with E-state index in [4.69, 9.17) is 24.2 Å². The van der Waals surface area contributed by atoms with Gasteiger partial charge in [0.2, 0.25) is 0 Å². The number of rotatable bonds is 8. The van der Waals surface area contributed by atoms with E-state index in [0.717, 1.165) is 0 Å². The van der Waals surface area contributed by atoms with Gasteiger partial charge in [0.1, 0.15) is 11.5 Å². The Bertz CT molecular complexity index is 814. The number of hydrogen-bond donors (Lipinski definition) is 1. The monoisotopic (exact) mass is 356 g/mol. The van der Waals surface area contributed by atoms with Crippen molar-refractivity contribution >= 4 is 11.6 Å². The van der Waals surface area contributed by atoms with Gasteiger partial charge in [-0.1, -0.05) is 0 Å². The molecule has 0 heterocycles. The van der Waals surface area contributed by atoms with Crippen molar-refractivity contribution in [3.8, 4) is 29.1 Å². The Hall–Kier alpha value is -3.40. The molecule has 1 N–H and O–H groups in total. The van der Waals surface area contributed by atoms with Crippen LogP contribution in [0, 0.1) is 11.3 Å². The summed E-state index contributed by atoms with van der Waals surface area (Å²) in [5, 5.41) is 11.7. The number of hydrogen-bond acceptors (Lipinski definition) is 6. The first kappa shape index (κ1) is 18.9. The molecule has 136 valence electrons. The number of carbonyl (C=O) groups is 1. The number of methoxy groups -OCH3 is 2. The molecule has 7 heteroatoms. The van der Waals surface area contributed by atoms with Crippen molar-refractivity contribution < 1.29 is 23.7 Å². The summed E-state index contributed by atoms with van der Waals surface area (Å²) in [7, 11) is 3.05. The lowest BCUT2D eigenvalue weighted by molar-refractivity contribution is -0.118. The number of anilines is 1. The quantitative estimate of drug-likeness (QED) is 0.782. The fourth-order valence-corrected chi connectivity index (χ4v) is 2.21. The molecule has 0 radical (unpaired) electrons. The zero-order valence-electron chi connectivity index (χ0n) is 14.9. The molecule has 0 bridgehead atoms. The summed E-state index contributed by atoms with van der Waals surface area (Å²) < 4.78 is 21.4. The summed E-state index contributed by atoms with van der Waals surface area (Å²) in [5.74, 6) is 1.53. The van der Waals surface area contributed by atoms with E-state index in [1.165, 1.54) is 14.2 Å². The predicted molar refractivity (Wildman–Crippen MR) is 96.0 cm³/mol. The van der Waals surface area contributed by atoms with Crippen LogP contribution in [-0.4, -0.2) is 33.3 Å². The van der Waals surface area contributed by atoms with Crippen LogP contribution in [0.5, 0.6) is 23.0 Å². The fraction of sp³-hybridized carbons (Fsp3) is 0.263. The lowest BCUT2D eigenvalue weighted by Gasteiger charge is -2.14. The molecule has 0 aromatic heterocycles. The van der Waals surface area contributed by atoms with E-state index < -0.39 is 0 Å². The molecule has 2 rings (SSSR count). The van der Waals surface area contributed by atoms with Gasteiger partial charge in [0.15, 0.2) is 18.1 Å². The van der Waals surface area contributed by atoms with E-state index in [1.54, 1.807) is 36.4 Å². The number of nitrogens with zero attached hydrogens (tertiary/aromatic N) is 1. The number of benzene rings is 2. The molecule has 0 aliphatic carbocycles. The highest BCUT2D eigenvalue weighted by atomic mass is 16.5. The van der Waals surface area contributed by atoms with Gasteiger partial charge in [-0.2, -0.15) is 5.26 Å². The second-order valence-electron chi connectivity index (χ2n) is 5.11. The van der Waals surface area contributed by atoms with E-state index in [1.807, 2.05) is 13.0 Å². The average molecular weight is 356 g/mol. The van der Waals surface area contributed by atoms with E-state index in [0.29, 0.717) is 40.9 Å². The lowest BCUT2D eigenvalue weighted by Crippen LogP contribution is -2.20. The first-order valence-electron chi connectivity index (χ1n) is 7.92. The molecule has 7 nitrogen and oxygen atoms in total. The summed E-state index contributed by atoms with van der Waals surface area (Å²) in [6.07, 6.45) is 0. The predicted octanol–water partition coefficient (Wildman–Crippen LogP) is 2.99. The summed E-state index contributed by atoms with van der Waals surface area (Å²) in [5.41, 5.74) is 0.927. The molecule has 0 fully saturated rings. The molecule has 0 saturated heterocycles. The van der Waals surface area contributed by atoms with E-state index in [9.17, 15) is 4.79 Å². The van der Waals surface area contributed by atoms with Crippen molar-refractivity contribution in [3.63, 3.8) is 0 Å². The second kappa shape index (κ2) is 9.18. The highest BCUT2D eigenvalue weighted by Crippen LogP contribution is 2.30. The molecule has 0 unspecified atom stereocenters. The Labute approximate surface area is 152 Å². The van der Waals surface area contributed by atoms with Crippen molar-refractivity contribution in [1.29, 1.82) is 5.26 Å². The van der Waals surface area contributed by atoms with E-state index in [-0.39, 0.29) is 12.5 Å². The average Bonchev–Trinajstić information content (AvgIpc) is 2.67. The Morgan fingerprint density at radius 3 is 2.46 bits per heavy atom. The summed E-state index contributed by atoms with van der Waals surface area (Å²) in [4.78, 5) is 12.2. The van der Waals surface area contributed by atoms with Gasteiger partial charge in [0.25, 0.3) is 5.91 Å². The third-order valence-electron chi connectivity index (χ3n) is 3.41. The minimum Gasteiger partial charge on any atom is -0.497 e. The maximum Gasteiger partial charge on any atom is 0.262 e. The lowest BCUT2D eigenvalue weighted by atomic mass is 10.2. The summed E-state index contributed by atoms with van der Waals surface area (Å²) in [6.45, 7) is 2.01. The molecule has 0 atom stereocenters. The third kappa shape index (κ3) is 4.80. The SMILES string of the molecule is CCOc1cc(C#N)ccc1OCC(=O)Nc1cc(OC)ccc1OC. The van der Waals surface area contributed by atoms with Crippen molar-refractivity contribution in [2.45, 2.75) is 6.92 Å². The van der Waals surface area contributed by atoms with Gasteiger partial charge >= 0.3 is 0 Å². The molecule has 1 amide bonds. The first-order chi connectivity index (χ1) is 12.6.